The van der Waals surface area contributed by atoms with Crippen molar-refractivity contribution in [2.24, 2.45) is 0 Å². The van der Waals surface area contributed by atoms with Gasteiger partial charge in [0.1, 0.15) is 0 Å². The van der Waals surface area contributed by atoms with E-state index in [0.717, 1.165) is 37.3 Å². The molecule has 1 heterocycles. The van der Waals surface area contributed by atoms with E-state index in [9.17, 15) is 18.0 Å². The number of benzene rings is 1. The summed E-state index contributed by atoms with van der Waals surface area (Å²) in [5.74, 6) is 0.142. The standard InChI is InChI=1S/C17H24F3N3O/c1-13(14-4-6-15(7-5-14)17(18,19)20)12-22-8-10-23(11-9-22)16(24)21(2)3/h4-7,13H,8-12H2,1-3H3/t13-/m0/s1. The van der Waals surface area contributed by atoms with Crippen LogP contribution in [0.25, 0.3) is 0 Å². The van der Waals surface area contributed by atoms with Crippen LogP contribution in [0, 0.1) is 0 Å². The molecule has 0 aliphatic carbocycles. The van der Waals surface area contributed by atoms with Crippen LogP contribution in [-0.2, 0) is 6.18 Å². The first-order chi connectivity index (χ1) is 11.2. The molecule has 0 saturated carbocycles. The third-order valence-corrected chi connectivity index (χ3v) is 4.36. The lowest BCUT2D eigenvalue weighted by atomic mass is 9.99. The molecule has 1 saturated heterocycles. The van der Waals surface area contributed by atoms with E-state index in [1.807, 2.05) is 11.8 Å². The maximum absolute atomic E-state index is 12.6. The number of nitrogens with zero attached hydrogens (tertiary/aromatic N) is 3. The number of halogens is 3. The predicted molar refractivity (Wildman–Crippen MR) is 87.0 cm³/mol. The van der Waals surface area contributed by atoms with Crippen molar-refractivity contribution in [3.05, 3.63) is 35.4 Å². The van der Waals surface area contributed by atoms with Crippen LogP contribution in [-0.4, -0.2) is 67.5 Å². The van der Waals surface area contributed by atoms with Crippen molar-refractivity contribution in [1.82, 2.24) is 14.7 Å². The summed E-state index contributed by atoms with van der Waals surface area (Å²) < 4.78 is 37.8. The summed E-state index contributed by atoms with van der Waals surface area (Å²) in [5, 5.41) is 0. The maximum atomic E-state index is 12.6. The molecule has 0 spiro atoms. The molecule has 0 N–H and O–H groups in total. The van der Waals surface area contributed by atoms with Gasteiger partial charge in [-0.15, -0.1) is 0 Å². The lowest BCUT2D eigenvalue weighted by Gasteiger charge is -2.37. The first-order valence-electron chi connectivity index (χ1n) is 8.04. The Hall–Kier alpha value is -1.76. The Kier molecular flexibility index (Phi) is 5.74. The van der Waals surface area contributed by atoms with Gasteiger partial charge in [0, 0.05) is 46.8 Å². The van der Waals surface area contributed by atoms with Gasteiger partial charge in [0.25, 0.3) is 0 Å². The van der Waals surface area contributed by atoms with Gasteiger partial charge in [-0.2, -0.15) is 13.2 Å². The average molecular weight is 343 g/mol. The molecule has 1 fully saturated rings. The minimum Gasteiger partial charge on any atom is -0.331 e. The molecule has 2 amide bonds. The summed E-state index contributed by atoms with van der Waals surface area (Å²) in [6.07, 6.45) is -4.29. The topological polar surface area (TPSA) is 26.8 Å². The third-order valence-electron chi connectivity index (χ3n) is 4.36. The Labute approximate surface area is 140 Å². The van der Waals surface area contributed by atoms with Crippen molar-refractivity contribution in [3.63, 3.8) is 0 Å². The van der Waals surface area contributed by atoms with Crippen LogP contribution in [0.5, 0.6) is 0 Å². The van der Waals surface area contributed by atoms with Crippen LogP contribution >= 0.6 is 0 Å². The van der Waals surface area contributed by atoms with Gasteiger partial charge in [0.05, 0.1) is 5.56 Å². The zero-order valence-corrected chi connectivity index (χ0v) is 14.3. The van der Waals surface area contributed by atoms with Crippen molar-refractivity contribution in [1.29, 1.82) is 0 Å². The molecule has 2 rings (SSSR count). The second kappa shape index (κ2) is 7.42. The predicted octanol–water partition coefficient (Wildman–Crippen LogP) is 3.11. The van der Waals surface area contributed by atoms with Crippen LogP contribution in [0.15, 0.2) is 24.3 Å². The molecule has 0 unspecified atom stereocenters. The second-order valence-corrected chi connectivity index (χ2v) is 6.49. The molecular formula is C17H24F3N3O. The molecule has 1 aliphatic rings. The quantitative estimate of drug-likeness (QED) is 0.843. The molecular weight excluding hydrogens is 319 g/mol. The Morgan fingerprint density at radius 2 is 1.67 bits per heavy atom. The zero-order chi connectivity index (χ0) is 17.9. The van der Waals surface area contributed by atoms with Gasteiger partial charge in [-0.3, -0.25) is 4.90 Å². The van der Waals surface area contributed by atoms with E-state index >= 15 is 0 Å². The van der Waals surface area contributed by atoms with E-state index in [2.05, 4.69) is 4.90 Å². The number of urea groups is 1. The normalized spacial score (nSPS) is 17.7. The van der Waals surface area contributed by atoms with Crippen molar-refractivity contribution in [2.75, 3.05) is 46.8 Å². The molecule has 1 aromatic carbocycles. The molecule has 134 valence electrons. The van der Waals surface area contributed by atoms with Crippen LogP contribution in [0.2, 0.25) is 0 Å². The number of amides is 2. The van der Waals surface area contributed by atoms with E-state index in [-0.39, 0.29) is 11.9 Å². The molecule has 1 aromatic rings. The third kappa shape index (κ3) is 4.63. The highest BCUT2D eigenvalue weighted by Gasteiger charge is 2.30. The summed E-state index contributed by atoms with van der Waals surface area (Å²) in [6.45, 7) is 5.71. The average Bonchev–Trinajstić information content (AvgIpc) is 2.54. The molecule has 24 heavy (non-hydrogen) atoms. The summed E-state index contributed by atoms with van der Waals surface area (Å²) in [5.41, 5.74) is 0.282. The first kappa shape index (κ1) is 18.6. The molecule has 7 heteroatoms. The number of hydrogen-bond donors (Lipinski definition) is 0. The van der Waals surface area contributed by atoms with E-state index in [1.54, 1.807) is 31.1 Å². The fourth-order valence-electron chi connectivity index (χ4n) is 2.90. The number of carbonyl (C=O) groups is 1. The maximum Gasteiger partial charge on any atom is 0.416 e. The number of hydrogen-bond acceptors (Lipinski definition) is 2. The second-order valence-electron chi connectivity index (χ2n) is 6.49. The molecule has 1 aliphatic heterocycles. The molecule has 0 aromatic heterocycles. The van der Waals surface area contributed by atoms with Crippen molar-refractivity contribution < 1.29 is 18.0 Å². The summed E-state index contributed by atoms with van der Waals surface area (Å²) >= 11 is 0. The van der Waals surface area contributed by atoms with Crippen molar-refractivity contribution in [2.45, 2.75) is 19.0 Å². The zero-order valence-electron chi connectivity index (χ0n) is 14.3. The minimum atomic E-state index is -4.29. The number of rotatable bonds is 3. The Balaban J connectivity index is 1.87. The first-order valence-corrected chi connectivity index (χ1v) is 8.04. The SMILES string of the molecule is C[C@@H](CN1CCN(C(=O)N(C)C)CC1)c1ccc(C(F)(F)F)cc1. The summed E-state index contributed by atoms with van der Waals surface area (Å²) in [6, 6.07) is 5.41. The van der Waals surface area contributed by atoms with Crippen LogP contribution in [0.4, 0.5) is 18.0 Å². The Morgan fingerprint density at radius 3 is 2.12 bits per heavy atom. The van der Waals surface area contributed by atoms with Gasteiger partial charge < -0.3 is 9.80 Å². The van der Waals surface area contributed by atoms with Gasteiger partial charge in [0.15, 0.2) is 0 Å². The monoisotopic (exact) mass is 343 g/mol. The highest BCUT2D eigenvalue weighted by molar-refractivity contribution is 5.73. The highest BCUT2D eigenvalue weighted by atomic mass is 19.4. The molecule has 0 bridgehead atoms. The number of piperazine rings is 1. The fourth-order valence-corrected chi connectivity index (χ4v) is 2.90. The van der Waals surface area contributed by atoms with Gasteiger partial charge in [-0.25, -0.2) is 4.79 Å². The van der Waals surface area contributed by atoms with Crippen LogP contribution in [0.1, 0.15) is 24.0 Å². The van der Waals surface area contributed by atoms with E-state index < -0.39 is 11.7 Å². The molecule has 1 atom stereocenters. The lowest BCUT2D eigenvalue weighted by molar-refractivity contribution is -0.137. The number of carbonyl (C=O) groups excluding carboxylic acids is 1. The highest BCUT2D eigenvalue weighted by Crippen LogP contribution is 2.30. The van der Waals surface area contributed by atoms with Crippen molar-refractivity contribution in [3.8, 4) is 0 Å². The van der Waals surface area contributed by atoms with Gasteiger partial charge >= 0.3 is 12.2 Å². The van der Waals surface area contributed by atoms with Gasteiger partial charge in [-0.1, -0.05) is 19.1 Å². The largest absolute Gasteiger partial charge is 0.416 e. The van der Waals surface area contributed by atoms with E-state index in [4.69, 9.17) is 0 Å². The lowest BCUT2D eigenvalue weighted by Crippen LogP contribution is -2.51. The summed E-state index contributed by atoms with van der Waals surface area (Å²) in [4.78, 5) is 17.5. The van der Waals surface area contributed by atoms with Gasteiger partial charge in [0.2, 0.25) is 0 Å². The minimum absolute atomic E-state index is 0.0189. The van der Waals surface area contributed by atoms with Crippen LogP contribution < -0.4 is 0 Å². The molecule has 0 radical (unpaired) electrons. The van der Waals surface area contributed by atoms with E-state index in [1.165, 1.54) is 0 Å². The van der Waals surface area contributed by atoms with Crippen molar-refractivity contribution >= 4 is 6.03 Å². The van der Waals surface area contributed by atoms with Crippen LogP contribution in [0.3, 0.4) is 0 Å². The number of alkyl halides is 3. The fraction of sp³-hybridized carbons (Fsp3) is 0.588. The molecule has 4 nitrogen and oxygen atoms in total. The Morgan fingerprint density at radius 1 is 1.12 bits per heavy atom. The Bertz CT molecular complexity index is 549. The summed E-state index contributed by atoms with van der Waals surface area (Å²) in [7, 11) is 3.47. The van der Waals surface area contributed by atoms with E-state index in [0.29, 0.717) is 13.1 Å². The van der Waals surface area contributed by atoms with Gasteiger partial charge in [-0.05, 0) is 23.6 Å². The smallest absolute Gasteiger partial charge is 0.331 e.